The van der Waals surface area contributed by atoms with Gasteiger partial charge >= 0.3 is 0 Å². The summed E-state index contributed by atoms with van der Waals surface area (Å²) < 4.78 is 0. The summed E-state index contributed by atoms with van der Waals surface area (Å²) >= 11 is 1.70. The SMILES string of the molecule is Cc1cc(C(O)C(C)(C)N)c(C)s1. The first-order valence-corrected chi connectivity index (χ1v) is 5.18. The van der Waals surface area contributed by atoms with Gasteiger partial charge in [0, 0.05) is 15.3 Å². The van der Waals surface area contributed by atoms with E-state index in [-0.39, 0.29) is 0 Å². The van der Waals surface area contributed by atoms with E-state index in [1.807, 2.05) is 33.8 Å². The first-order valence-electron chi connectivity index (χ1n) is 4.36. The average Bonchev–Trinajstić information content (AvgIpc) is 2.26. The fourth-order valence-electron chi connectivity index (χ4n) is 1.32. The molecule has 74 valence electrons. The molecule has 0 aliphatic carbocycles. The maximum absolute atomic E-state index is 9.93. The molecule has 0 aromatic carbocycles. The molecule has 3 heteroatoms. The highest BCUT2D eigenvalue weighted by molar-refractivity contribution is 7.12. The van der Waals surface area contributed by atoms with E-state index in [0.29, 0.717) is 0 Å². The molecule has 1 rings (SSSR count). The lowest BCUT2D eigenvalue weighted by molar-refractivity contribution is 0.104. The van der Waals surface area contributed by atoms with E-state index in [0.717, 1.165) is 10.4 Å². The van der Waals surface area contributed by atoms with Crippen LogP contribution in [-0.4, -0.2) is 10.6 Å². The molecule has 1 unspecified atom stereocenters. The Morgan fingerprint density at radius 1 is 1.46 bits per heavy atom. The quantitative estimate of drug-likeness (QED) is 0.766. The molecule has 0 saturated carbocycles. The average molecular weight is 199 g/mol. The standard InChI is InChI=1S/C10H17NOS/c1-6-5-8(7(2)13-6)9(12)10(3,4)11/h5,9,12H,11H2,1-4H3. The maximum atomic E-state index is 9.93. The third kappa shape index (κ3) is 2.30. The number of rotatable bonds is 2. The molecule has 0 aliphatic heterocycles. The number of thiophene rings is 1. The van der Waals surface area contributed by atoms with Crippen molar-refractivity contribution in [1.29, 1.82) is 0 Å². The highest BCUT2D eigenvalue weighted by Crippen LogP contribution is 2.31. The van der Waals surface area contributed by atoms with Crippen molar-refractivity contribution in [2.75, 3.05) is 0 Å². The Labute approximate surface area is 83.4 Å². The fourth-order valence-corrected chi connectivity index (χ4v) is 2.28. The number of aryl methyl sites for hydroxylation is 2. The smallest absolute Gasteiger partial charge is 0.0974 e. The number of aliphatic hydroxyl groups is 1. The molecule has 2 nitrogen and oxygen atoms in total. The van der Waals surface area contributed by atoms with Crippen LogP contribution < -0.4 is 5.73 Å². The summed E-state index contributed by atoms with van der Waals surface area (Å²) in [5.41, 5.74) is 6.24. The summed E-state index contributed by atoms with van der Waals surface area (Å²) in [6.07, 6.45) is -0.572. The van der Waals surface area contributed by atoms with Crippen LogP contribution in [0.2, 0.25) is 0 Å². The Kier molecular flexibility index (Phi) is 2.80. The summed E-state index contributed by atoms with van der Waals surface area (Å²) in [6, 6.07) is 2.01. The van der Waals surface area contributed by atoms with Gasteiger partial charge in [0.05, 0.1) is 6.10 Å². The second kappa shape index (κ2) is 3.40. The normalized spacial score (nSPS) is 14.6. The highest BCUT2D eigenvalue weighted by Gasteiger charge is 2.26. The Hall–Kier alpha value is -0.380. The minimum Gasteiger partial charge on any atom is -0.386 e. The molecule has 1 aromatic rings. The van der Waals surface area contributed by atoms with Gasteiger partial charge in [-0.2, -0.15) is 0 Å². The summed E-state index contributed by atoms with van der Waals surface area (Å²) in [7, 11) is 0. The molecule has 13 heavy (non-hydrogen) atoms. The lowest BCUT2D eigenvalue weighted by atomic mass is 9.93. The molecule has 0 bridgehead atoms. The molecule has 0 radical (unpaired) electrons. The van der Waals surface area contributed by atoms with Crippen molar-refractivity contribution < 1.29 is 5.11 Å². The maximum Gasteiger partial charge on any atom is 0.0974 e. The first-order chi connectivity index (χ1) is 5.82. The molecule has 0 aliphatic rings. The summed E-state index contributed by atoms with van der Waals surface area (Å²) in [5, 5.41) is 9.93. The molecular formula is C10H17NOS. The van der Waals surface area contributed by atoms with Crippen LogP contribution in [0.3, 0.4) is 0 Å². The fraction of sp³-hybridized carbons (Fsp3) is 0.600. The van der Waals surface area contributed by atoms with Crippen molar-refractivity contribution in [2.45, 2.75) is 39.3 Å². The topological polar surface area (TPSA) is 46.2 Å². The van der Waals surface area contributed by atoms with E-state index in [1.165, 1.54) is 4.88 Å². The second-order valence-electron chi connectivity index (χ2n) is 4.09. The van der Waals surface area contributed by atoms with Crippen LogP contribution in [0.1, 0.15) is 35.3 Å². The van der Waals surface area contributed by atoms with Crippen LogP contribution >= 0.6 is 11.3 Å². The minimum absolute atomic E-state index is 0.571. The Morgan fingerprint density at radius 3 is 2.31 bits per heavy atom. The van der Waals surface area contributed by atoms with E-state index in [4.69, 9.17) is 5.73 Å². The van der Waals surface area contributed by atoms with Crippen molar-refractivity contribution in [3.05, 3.63) is 21.4 Å². The number of nitrogens with two attached hydrogens (primary N) is 1. The van der Waals surface area contributed by atoms with Gasteiger partial charge in [0.25, 0.3) is 0 Å². The third-order valence-electron chi connectivity index (χ3n) is 2.08. The molecule has 1 atom stereocenters. The van der Waals surface area contributed by atoms with Gasteiger partial charge in [-0.15, -0.1) is 11.3 Å². The van der Waals surface area contributed by atoms with E-state index in [1.54, 1.807) is 11.3 Å². The van der Waals surface area contributed by atoms with Gasteiger partial charge in [0.1, 0.15) is 0 Å². The molecule has 1 heterocycles. The van der Waals surface area contributed by atoms with Crippen LogP contribution in [0.15, 0.2) is 6.07 Å². The summed E-state index contributed by atoms with van der Waals surface area (Å²) in [4.78, 5) is 2.37. The molecule has 1 aromatic heterocycles. The van der Waals surface area contributed by atoms with E-state index in [2.05, 4.69) is 0 Å². The second-order valence-corrected chi connectivity index (χ2v) is 5.55. The molecule has 0 fully saturated rings. The highest BCUT2D eigenvalue weighted by atomic mass is 32.1. The molecule has 0 saturated heterocycles. The zero-order chi connectivity index (χ0) is 10.2. The van der Waals surface area contributed by atoms with E-state index in [9.17, 15) is 5.11 Å². The molecular weight excluding hydrogens is 182 g/mol. The van der Waals surface area contributed by atoms with Gasteiger partial charge in [-0.05, 0) is 39.3 Å². The Morgan fingerprint density at radius 2 is 2.00 bits per heavy atom. The van der Waals surface area contributed by atoms with Crippen LogP contribution in [0.25, 0.3) is 0 Å². The minimum atomic E-state index is -0.572. The van der Waals surface area contributed by atoms with Gasteiger partial charge in [-0.25, -0.2) is 0 Å². The first kappa shape index (κ1) is 10.7. The van der Waals surface area contributed by atoms with Crippen molar-refractivity contribution in [2.24, 2.45) is 5.73 Å². The van der Waals surface area contributed by atoms with Gasteiger partial charge in [0.2, 0.25) is 0 Å². The van der Waals surface area contributed by atoms with E-state index >= 15 is 0 Å². The van der Waals surface area contributed by atoms with E-state index < -0.39 is 11.6 Å². The van der Waals surface area contributed by atoms with Crippen LogP contribution in [0, 0.1) is 13.8 Å². The van der Waals surface area contributed by atoms with Crippen LogP contribution in [0.5, 0.6) is 0 Å². The van der Waals surface area contributed by atoms with Crippen molar-refractivity contribution in [3.63, 3.8) is 0 Å². The van der Waals surface area contributed by atoms with Gasteiger partial charge < -0.3 is 10.8 Å². The lowest BCUT2D eigenvalue weighted by Crippen LogP contribution is -2.39. The summed E-state index contributed by atoms with van der Waals surface area (Å²) in [5.74, 6) is 0. The predicted octanol–water partition coefficient (Wildman–Crippen LogP) is 2.14. The number of aliphatic hydroxyl groups excluding tert-OH is 1. The zero-order valence-electron chi connectivity index (χ0n) is 8.59. The van der Waals surface area contributed by atoms with Crippen molar-refractivity contribution in [1.82, 2.24) is 0 Å². The largest absolute Gasteiger partial charge is 0.386 e. The molecule has 0 amide bonds. The number of hydrogen-bond acceptors (Lipinski definition) is 3. The van der Waals surface area contributed by atoms with Gasteiger partial charge in [-0.3, -0.25) is 0 Å². The molecule has 3 N–H and O–H groups in total. The van der Waals surface area contributed by atoms with Gasteiger partial charge in [-0.1, -0.05) is 0 Å². The Balaban J connectivity index is 3.01. The van der Waals surface area contributed by atoms with Crippen LogP contribution in [0.4, 0.5) is 0 Å². The monoisotopic (exact) mass is 199 g/mol. The van der Waals surface area contributed by atoms with Crippen LogP contribution in [-0.2, 0) is 0 Å². The van der Waals surface area contributed by atoms with Gasteiger partial charge in [0.15, 0.2) is 0 Å². The summed E-state index contributed by atoms with van der Waals surface area (Å²) in [6.45, 7) is 7.73. The molecule has 0 spiro atoms. The zero-order valence-corrected chi connectivity index (χ0v) is 9.40. The Bertz CT molecular complexity index is 298. The third-order valence-corrected chi connectivity index (χ3v) is 3.06. The van der Waals surface area contributed by atoms with Crippen molar-refractivity contribution >= 4 is 11.3 Å². The van der Waals surface area contributed by atoms with Crippen molar-refractivity contribution in [3.8, 4) is 0 Å². The number of hydrogen-bond donors (Lipinski definition) is 2. The predicted molar refractivity (Wildman–Crippen MR) is 57.0 cm³/mol. The lowest BCUT2D eigenvalue weighted by Gasteiger charge is -2.25.